The zero-order valence-corrected chi connectivity index (χ0v) is 19.8. The first-order valence-electron chi connectivity index (χ1n) is 11.3. The molecule has 0 aliphatic carbocycles. The topological polar surface area (TPSA) is 66.4 Å². The Labute approximate surface area is 200 Å². The van der Waals surface area contributed by atoms with Crippen LogP contribution in [0.5, 0.6) is 5.75 Å². The van der Waals surface area contributed by atoms with E-state index >= 15 is 0 Å². The highest BCUT2D eigenvalue weighted by molar-refractivity contribution is 6.30. The Bertz CT molecular complexity index is 1120. The Balaban J connectivity index is 1.45. The maximum atomic E-state index is 10.5. The first kappa shape index (κ1) is 23.3. The van der Waals surface area contributed by atoms with Gasteiger partial charge in [0, 0.05) is 41.1 Å². The summed E-state index contributed by atoms with van der Waals surface area (Å²) in [6, 6.07) is 17.7. The highest BCUT2D eigenvalue weighted by atomic mass is 35.5. The molecule has 0 spiro atoms. The molecule has 6 heteroatoms. The van der Waals surface area contributed by atoms with Gasteiger partial charge in [0.25, 0.3) is 0 Å². The summed E-state index contributed by atoms with van der Waals surface area (Å²) in [7, 11) is 0. The first-order valence-corrected chi connectivity index (χ1v) is 11.6. The van der Waals surface area contributed by atoms with Gasteiger partial charge < -0.3 is 20.5 Å². The number of nitrogens with zero attached hydrogens (tertiary/aromatic N) is 1. The lowest BCUT2D eigenvalue weighted by atomic mass is 9.90. The Kier molecular flexibility index (Phi) is 7.33. The van der Waals surface area contributed by atoms with Crippen LogP contribution < -0.4 is 15.4 Å². The van der Waals surface area contributed by atoms with Gasteiger partial charge in [0.15, 0.2) is 0 Å². The predicted octanol–water partition coefficient (Wildman–Crippen LogP) is 5.38. The van der Waals surface area contributed by atoms with Gasteiger partial charge in [-0.05, 0) is 80.4 Å². The molecule has 1 aliphatic heterocycles. The summed E-state index contributed by atoms with van der Waals surface area (Å²) in [6.45, 7) is 6.56. The number of nitrogens with one attached hydrogen (secondary N) is 2. The zero-order valence-electron chi connectivity index (χ0n) is 19.1. The zero-order chi connectivity index (χ0) is 23.3. The van der Waals surface area contributed by atoms with Crippen LogP contribution >= 0.6 is 11.6 Å². The molecular weight excluding hydrogens is 434 g/mol. The van der Waals surface area contributed by atoms with E-state index in [-0.39, 0.29) is 0 Å². The second-order valence-electron chi connectivity index (χ2n) is 8.65. The third kappa shape index (κ3) is 5.93. The van der Waals surface area contributed by atoms with E-state index in [1.54, 1.807) is 20.0 Å². The predicted molar refractivity (Wildman–Crippen MR) is 135 cm³/mol. The van der Waals surface area contributed by atoms with Crippen molar-refractivity contribution in [1.29, 1.82) is 0 Å². The van der Waals surface area contributed by atoms with Crippen molar-refractivity contribution in [1.82, 2.24) is 10.3 Å². The lowest BCUT2D eigenvalue weighted by molar-refractivity contribution is 0.0785. The second kappa shape index (κ2) is 10.4. The summed E-state index contributed by atoms with van der Waals surface area (Å²) in [4.78, 5) is 4.54. The Morgan fingerprint density at radius 3 is 2.67 bits per heavy atom. The number of aromatic nitrogens is 1. The number of aliphatic hydroxyl groups is 1. The number of fused-ring (bicyclic) bond motifs is 2. The summed E-state index contributed by atoms with van der Waals surface area (Å²) in [6.07, 6.45) is 4.89. The van der Waals surface area contributed by atoms with Crippen molar-refractivity contribution in [3.8, 4) is 5.75 Å². The Hall–Kier alpha value is -2.86. The van der Waals surface area contributed by atoms with Gasteiger partial charge in [0.05, 0.1) is 11.3 Å². The largest absolute Gasteiger partial charge is 0.487 e. The molecule has 33 heavy (non-hydrogen) atoms. The van der Waals surface area contributed by atoms with E-state index in [9.17, 15) is 5.11 Å². The lowest BCUT2D eigenvalue weighted by Crippen LogP contribution is -2.22. The normalized spacial score (nSPS) is 14.2. The molecule has 0 radical (unpaired) electrons. The molecule has 2 aromatic carbocycles. The smallest absolute Gasteiger partial charge is 0.131 e. The fourth-order valence-electron chi connectivity index (χ4n) is 3.86. The molecule has 0 bridgehead atoms. The van der Waals surface area contributed by atoms with Crippen molar-refractivity contribution in [2.45, 2.75) is 32.5 Å². The Morgan fingerprint density at radius 1 is 1.06 bits per heavy atom. The summed E-state index contributed by atoms with van der Waals surface area (Å²) in [5, 5.41) is 18.1. The van der Waals surface area contributed by atoms with Crippen LogP contribution in [0, 0.1) is 0 Å². The number of ether oxygens (including phenoxy) is 1. The van der Waals surface area contributed by atoms with E-state index in [2.05, 4.69) is 27.8 Å². The highest BCUT2D eigenvalue weighted by Crippen LogP contribution is 2.38. The number of halogens is 1. The number of hydrogen-bond donors (Lipinski definition) is 3. The number of hydrogen-bond acceptors (Lipinski definition) is 5. The number of pyridine rings is 1. The van der Waals surface area contributed by atoms with Gasteiger partial charge in [-0.3, -0.25) is 4.98 Å². The van der Waals surface area contributed by atoms with Crippen LogP contribution in [0.3, 0.4) is 0 Å². The van der Waals surface area contributed by atoms with E-state index in [4.69, 9.17) is 16.3 Å². The number of anilines is 1. The molecule has 0 fully saturated rings. The van der Waals surface area contributed by atoms with E-state index in [1.807, 2.05) is 48.5 Å². The van der Waals surface area contributed by atoms with E-state index in [1.165, 1.54) is 0 Å². The molecule has 4 rings (SSSR count). The van der Waals surface area contributed by atoms with E-state index < -0.39 is 5.60 Å². The molecule has 0 amide bonds. The number of rotatable bonds is 8. The van der Waals surface area contributed by atoms with Crippen molar-refractivity contribution in [3.05, 3.63) is 94.3 Å². The van der Waals surface area contributed by atoms with E-state index in [0.29, 0.717) is 6.61 Å². The molecule has 0 atom stereocenters. The number of benzene rings is 2. The average molecular weight is 464 g/mol. The lowest BCUT2D eigenvalue weighted by Gasteiger charge is -2.20. The summed E-state index contributed by atoms with van der Waals surface area (Å²) >= 11 is 5.93. The molecule has 0 unspecified atom stereocenters. The van der Waals surface area contributed by atoms with Crippen LogP contribution in [-0.2, 0) is 12.2 Å². The molecule has 0 saturated carbocycles. The standard InChI is InChI=1S/C27H30ClN3O2/c1-27(2,32)19-7-12-26-24(17-19)22(23-6-4-14-31-25(23)18-33-26)5-3-13-29-15-16-30-21-10-8-20(28)9-11-21/h4-12,14,17,29-30,32H,3,13,15-16,18H2,1-2H3/b22-5-. The van der Waals surface area contributed by atoms with Crippen LogP contribution in [0.1, 0.15) is 42.7 Å². The SMILES string of the molecule is CC(C)(O)c1ccc2c(c1)/C(=C\CCNCCNc1ccc(Cl)cc1)c1cccnc1CO2. The van der Waals surface area contributed by atoms with Crippen LogP contribution in [0.4, 0.5) is 5.69 Å². The second-order valence-corrected chi connectivity index (χ2v) is 9.08. The molecule has 2 heterocycles. The maximum Gasteiger partial charge on any atom is 0.131 e. The molecule has 0 saturated heterocycles. The third-order valence-electron chi connectivity index (χ3n) is 5.67. The average Bonchev–Trinajstić information content (AvgIpc) is 2.96. The fourth-order valence-corrected chi connectivity index (χ4v) is 3.99. The van der Waals surface area contributed by atoms with Crippen molar-refractivity contribution in [2.75, 3.05) is 25.0 Å². The van der Waals surface area contributed by atoms with Crippen molar-refractivity contribution in [3.63, 3.8) is 0 Å². The molecule has 3 aromatic rings. The van der Waals surface area contributed by atoms with E-state index in [0.717, 1.165) is 70.5 Å². The van der Waals surface area contributed by atoms with Crippen molar-refractivity contribution < 1.29 is 9.84 Å². The molecule has 5 nitrogen and oxygen atoms in total. The minimum atomic E-state index is -0.928. The van der Waals surface area contributed by atoms with Crippen LogP contribution in [0.2, 0.25) is 5.02 Å². The fraction of sp³-hybridized carbons (Fsp3) is 0.296. The van der Waals surface area contributed by atoms with Crippen LogP contribution in [0.15, 0.2) is 66.9 Å². The van der Waals surface area contributed by atoms with Gasteiger partial charge >= 0.3 is 0 Å². The summed E-state index contributed by atoms with van der Waals surface area (Å²) in [5.41, 5.74) is 5.07. The molecule has 1 aromatic heterocycles. The van der Waals surface area contributed by atoms with Crippen LogP contribution in [0.25, 0.3) is 5.57 Å². The van der Waals surface area contributed by atoms with Crippen molar-refractivity contribution in [2.24, 2.45) is 0 Å². The quantitative estimate of drug-likeness (QED) is 0.391. The van der Waals surface area contributed by atoms with Gasteiger partial charge in [0.2, 0.25) is 0 Å². The molecule has 1 aliphatic rings. The van der Waals surface area contributed by atoms with Gasteiger partial charge in [-0.1, -0.05) is 29.8 Å². The van der Waals surface area contributed by atoms with Gasteiger partial charge in [-0.15, -0.1) is 0 Å². The maximum absolute atomic E-state index is 10.5. The van der Waals surface area contributed by atoms with Gasteiger partial charge in [-0.25, -0.2) is 0 Å². The first-order chi connectivity index (χ1) is 15.9. The minimum Gasteiger partial charge on any atom is -0.487 e. The van der Waals surface area contributed by atoms with Gasteiger partial charge in [0.1, 0.15) is 12.4 Å². The molecule has 3 N–H and O–H groups in total. The Morgan fingerprint density at radius 2 is 1.88 bits per heavy atom. The minimum absolute atomic E-state index is 0.428. The van der Waals surface area contributed by atoms with Crippen LogP contribution in [-0.4, -0.2) is 29.7 Å². The molecule has 172 valence electrons. The highest BCUT2D eigenvalue weighted by Gasteiger charge is 2.23. The van der Waals surface area contributed by atoms with Crippen molar-refractivity contribution >= 4 is 22.9 Å². The monoisotopic (exact) mass is 463 g/mol. The third-order valence-corrected chi connectivity index (χ3v) is 5.92. The molecular formula is C27H30ClN3O2. The summed E-state index contributed by atoms with van der Waals surface area (Å²) < 4.78 is 6.06. The summed E-state index contributed by atoms with van der Waals surface area (Å²) in [5.74, 6) is 0.812. The van der Waals surface area contributed by atoms with Gasteiger partial charge in [-0.2, -0.15) is 0 Å².